The number of guanidine groups is 1. The van der Waals surface area contributed by atoms with E-state index in [1.54, 1.807) is 7.05 Å². The molecule has 0 spiro atoms. The summed E-state index contributed by atoms with van der Waals surface area (Å²) in [7, 11) is 1.77. The lowest BCUT2D eigenvalue weighted by Gasteiger charge is -2.20. The Balaban J connectivity index is 2.40. The zero-order chi connectivity index (χ0) is 10.4. The zero-order valence-electron chi connectivity index (χ0n) is 9.50. The van der Waals surface area contributed by atoms with Gasteiger partial charge in [-0.05, 0) is 25.2 Å². The van der Waals surface area contributed by atoms with Crippen LogP contribution in [0.3, 0.4) is 0 Å². The molecule has 0 amide bonds. The highest BCUT2D eigenvalue weighted by molar-refractivity contribution is 5.77. The number of rotatable bonds is 2. The molecule has 0 aromatic rings. The van der Waals surface area contributed by atoms with Crippen molar-refractivity contribution in [3.05, 3.63) is 0 Å². The van der Waals surface area contributed by atoms with E-state index in [0.29, 0.717) is 5.96 Å². The van der Waals surface area contributed by atoms with Gasteiger partial charge in [0.25, 0.3) is 0 Å². The first kappa shape index (κ1) is 11.3. The number of hydrogen-bond donors (Lipinski definition) is 1. The summed E-state index contributed by atoms with van der Waals surface area (Å²) in [5.74, 6) is 1.62. The number of nitrogens with two attached hydrogens (primary N) is 1. The van der Waals surface area contributed by atoms with Gasteiger partial charge in [-0.15, -0.1) is 0 Å². The first-order chi connectivity index (χ1) is 6.77. The van der Waals surface area contributed by atoms with Gasteiger partial charge < -0.3 is 10.6 Å². The molecule has 82 valence electrons. The molecule has 1 atom stereocenters. The predicted octanol–water partition coefficient (Wildman–Crippen LogP) is 1.83. The molecule has 14 heavy (non-hydrogen) atoms. The summed E-state index contributed by atoms with van der Waals surface area (Å²) in [6, 6.07) is 0. The van der Waals surface area contributed by atoms with Crippen molar-refractivity contribution in [2.45, 2.75) is 39.0 Å². The lowest BCUT2D eigenvalue weighted by molar-refractivity contribution is 0.399. The lowest BCUT2D eigenvalue weighted by Crippen LogP contribution is -2.37. The number of aliphatic imine (C=N–C) groups is 1. The van der Waals surface area contributed by atoms with Crippen LogP contribution >= 0.6 is 0 Å². The van der Waals surface area contributed by atoms with Crippen molar-refractivity contribution in [2.24, 2.45) is 16.6 Å². The standard InChI is InChI=1S/C11H23N3/c1-3-5-10-6-4-8-14(9-7-10)11(12)13-2/h10H,3-9H2,1-2H3,(H2,12,13). The van der Waals surface area contributed by atoms with Gasteiger partial charge in [-0.1, -0.05) is 19.8 Å². The fourth-order valence-electron chi connectivity index (χ4n) is 2.23. The predicted molar refractivity (Wildman–Crippen MR) is 61.4 cm³/mol. The Labute approximate surface area is 87.4 Å². The van der Waals surface area contributed by atoms with Crippen LogP contribution in [0.4, 0.5) is 0 Å². The Bertz CT molecular complexity index is 189. The van der Waals surface area contributed by atoms with Crippen LogP contribution in [0.25, 0.3) is 0 Å². The molecule has 3 nitrogen and oxygen atoms in total. The smallest absolute Gasteiger partial charge is 0.190 e. The quantitative estimate of drug-likeness (QED) is 0.542. The second-order valence-corrected chi connectivity index (χ2v) is 4.15. The third-order valence-electron chi connectivity index (χ3n) is 3.10. The average molecular weight is 197 g/mol. The molecule has 1 saturated heterocycles. The molecule has 3 heteroatoms. The molecule has 0 radical (unpaired) electrons. The van der Waals surface area contributed by atoms with Crippen LogP contribution in [0.2, 0.25) is 0 Å². The number of hydrogen-bond acceptors (Lipinski definition) is 1. The summed E-state index contributed by atoms with van der Waals surface area (Å²) in [6.45, 7) is 4.45. The summed E-state index contributed by atoms with van der Waals surface area (Å²) < 4.78 is 0. The maximum atomic E-state index is 5.81. The van der Waals surface area contributed by atoms with E-state index >= 15 is 0 Å². The minimum atomic E-state index is 0.710. The van der Waals surface area contributed by atoms with Gasteiger partial charge >= 0.3 is 0 Å². The van der Waals surface area contributed by atoms with Gasteiger partial charge in [-0.2, -0.15) is 0 Å². The molecule has 1 aliphatic heterocycles. The molecule has 1 aliphatic rings. The first-order valence-corrected chi connectivity index (χ1v) is 5.75. The van der Waals surface area contributed by atoms with Crippen LogP contribution < -0.4 is 5.73 Å². The third-order valence-corrected chi connectivity index (χ3v) is 3.10. The Morgan fingerprint density at radius 2 is 2.21 bits per heavy atom. The summed E-state index contributed by atoms with van der Waals surface area (Å²) in [5.41, 5.74) is 5.81. The fourth-order valence-corrected chi connectivity index (χ4v) is 2.23. The van der Waals surface area contributed by atoms with Crippen molar-refractivity contribution >= 4 is 5.96 Å². The van der Waals surface area contributed by atoms with Crippen molar-refractivity contribution in [2.75, 3.05) is 20.1 Å². The van der Waals surface area contributed by atoms with Crippen molar-refractivity contribution in [3.8, 4) is 0 Å². The molecule has 1 unspecified atom stereocenters. The van der Waals surface area contributed by atoms with E-state index in [2.05, 4.69) is 16.8 Å². The monoisotopic (exact) mass is 197 g/mol. The van der Waals surface area contributed by atoms with Crippen molar-refractivity contribution in [1.29, 1.82) is 0 Å². The van der Waals surface area contributed by atoms with Gasteiger partial charge in [0.05, 0.1) is 0 Å². The normalized spacial score (nSPS) is 24.9. The minimum absolute atomic E-state index is 0.710. The average Bonchev–Trinajstić information content (AvgIpc) is 2.43. The molecular weight excluding hydrogens is 174 g/mol. The first-order valence-electron chi connectivity index (χ1n) is 5.75. The highest BCUT2D eigenvalue weighted by atomic mass is 15.2. The van der Waals surface area contributed by atoms with Crippen LogP contribution in [-0.4, -0.2) is 31.0 Å². The van der Waals surface area contributed by atoms with Gasteiger partial charge in [-0.25, -0.2) is 0 Å². The van der Waals surface area contributed by atoms with E-state index in [1.807, 2.05) is 0 Å². The van der Waals surface area contributed by atoms with Crippen molar-refractivity contribution in [1.82, 2.24) is 4.90 Å². The second-order valence-electron chi connectivity index (χ2n) is 4.15. The van der Waals surface area contributed by atoms with Crippen LogP contribution in [0.5, 0.6) is 0 Å². The van der Waals surface area contributed by atoms with Crippen molar-refractivity contribution < 1.29 is 0 Å². The molecule has 0 aromatic carbocycles. The Morgan fingerprint density at radius 1 is 1.43 bits per heavy atom. The molecule has 2 N–H and O–H groups in total. The van der Waals surface area contributed by atoms with E-state index in [1.165, 1.54) is 32.1 Å². The van der Waals surface area contributed by atoms with Gasteiger partial charge in [0.1, 0.15) is 0 Å². The molecule has 1 heterocycles. The van der Waals surface area contributed by atoms with Crippen LogP contribution in [0, 0.1) is 5.92 Å². The highest BCUT2D eigenvalue weighted by Gasteiger charge is 2.16. The molecule has 0 saturated carbocycles. The molecular formula is C11H23N3. The van der Waals surface area contributed by atoms with E-state index in [9.17, 15) is 0 Å². The molecule has 1 fully saturated rings. The Kier molecular flexibility index (Phi) is 4.77. The number of nitrogens with zero attached hydrogens (tertiary/aromatic N) is 2. The maximum absolute atomic E-state index is 5.81. The number of likely N-dealkylation sites (tertiary alicyclic amines) is 1. The van der Waals surface area contributed by atoms with Crippen LogP contribution in [0.15, 0.2) is 4.99 Å². The summed E-state index contributed by atoms with van der Waals surface area (Å²) in [4.78, 5) is 6.26. The van der Waals surface area contributed by atoms with Gasteiger partial charge in [0.2, 0.25) is 0 Å². The Morgan fingerprint density at radius 3 is 2.86 bits per heavy atom. The Hall–Kier alpha value is -0.730. The van der Waals surface area contributed by atoms with Gasteiger partial charge in [0.15, 0.2) is 5.96 Å². The van der Waals surface area contributed by atoms with Gasteiger partial charge in [-0.3, -0.25) is 4.99 Å². The van der Waals surface area contributed by atoms with Crippen LogP contribution in [0.1, 0.15) is 39.0 Å². The zero-order valence-corrected chi connectivity index (χ0v) is 9.50. The largest absolute Gasteiger partial charge is 0.370 e. The molecule has 0 aliphatic carbocycles. The third kappa shape index (κ3) is 3.20. The molecule has 0 bridgehead atoms. The molecule has 0 aromatic heterocycles. The topological polar surface area (TPSA) is 41.6 Å². The van der Waals surface area contributed by atoms with E-state index in [4.69, 9.17) is 5.73 Å². The highest BCUT2D eigenvalue weighted by Crippen LogP contribution is 2.21. The van der Waals surface area contributed by atoms with E-state index in [0.717, 1.165) is 19.0 Å². The summed E-state index contributed by atoms with van der Waals surface area (Å²) in [6.07, 6.45) is 6.59. The SMILES string of the molecule is CCCC1CCCN(C(N)=NC)CC1. The van der Waals surface area contributed by atoms with Crippen molar-refractivity contribution in [3.63, 3.8) is 0 Å². The summed E-state index contributed by atoms with van der Waals surface area (Å²) in [5, 5.41) is 0. The molecule has 1 rings (SSSR count). The maximum Gasteiger partial charge on any atom is 0.190 e. The lowest BCUT2D eigenvalue weighted by atomic mass is 9.96. The second kappa shape index (κ2) is 5.89. The van der Waals surface area contributed by atoms with Gasteiger partial charge in [0, 0.05) is 20.1 Å². The summed E-state index contributed by atoms with van der Waals surface area (Å²) >= 11 is 0. The minimum Gasteiger partial charge on any atom is -0.370 e. The van der Waals surface area contributed by atoms with E-state index < -0.39 is 0 Å². The van der Waals surface area contributed by atoms with Crippen LogP contribution in [-0.2, 0) is 0 Å². The fraction of sp³-hybridized carbons (Fsp3) is 0.909. The van der Waals surface area contributed by atoms with E-state index in [-0.39, 0.29) is 0 Å².